The molecule has 0 saturated carbocycles. The van der Waals surface area contributed by atoms with Crippen LogP contribution in [0.5, 0.6) is 0 Å². The first-order valence-corrected chi connectivity index (χ1v) is 8.24. The molecule has 0 spiro atoms. The van der Waals surface area contributed by atoms with Crippen molar-refractivity contribution in [3.05, 3.63) is 90.5 Å². The van der Waals surface area contributed by atoms with Crippen molar-refractivity contribution in [1.82, 2.24) is 4.90 Å². The quantitative estimate of drug-likeness (QED) is 0.602. The zero-order chi connectivity index (χ0) is 18.4. The van der Waals surface area contributed by atoms with Crippen LogP contribution in [-0.4, -0.2) is 31.5 Å². The second kappa shape index (κ2) is 18.7. The summed E-state index contributed by atoms with van der Waals surface area (Å²) in [5, 5.41) is 0. The molecule has 2 aromatic rings. The van der Waals surface area contributed by atoms with Crippen LogP contribution in [0.2, 0.25) is 0 Å². The van der Waals surface area contributed by atoms with Gasteiger partial charge in [-0.05, 0) is 43.4 Å². The van der Waals surface area contributed by atoms with Crippen LogP contribution in [0.15, 0.2) is 68.3 Å². The van der Waals surface area contributed by atoms with E-state index in [4.69, 9.17) is 11.6 Å². The Morgan fingerprint density at radius 3 is 1.35 bits per heavy atom. The Bertz CT molecular complexity index is 612. The van der Waals surface area contributed by atoms with E-state index in [2.05, 4.69) is 19.7 Å². The van der Waals surface area contributed by atoms with Gasteiger partial charge < -0.3 is 10.4 Å². The fraction of sp³-hybridized carbons (Fsp3) is 0.182. The summed E-state index contributed by atoms with van der Waals surface area (Å²) in [6, 6.07) is 16.0. The van der Waals surface area contributed by atoms with Crippen molar-refractivity contribution in [2.45, 2.75) is 5.88 Å². The zero-order valence-corrected chi connectivity index (χ0v) is 19.2. The third kappa shape index (κ3) is 13.1. The van der Waals surface area contributed by atoms with E-state index in [1.165, 1.54) is 0 Å². The predicted octanol–water partition coefficient (Wildman–Crippen LogP) is 3.05. The largest absolute Gasteiger partial charge is 1.00 e. The molecule has 0 aliphatic carbocycles. The van der Waals surface area contributed by atoms with E-state index in [-0.39, 0.29) is 35.0 Å². The Hall–Kier alpha value is -1.13. The van der Waals surface area contributed by atoms with Crippen molar-refractivity contribution in [1.29, 1.82) is 0 Å². The minimum absolute atomic E-state index is 0. The number of nitrogens with zero attached hydrogens (tertiary/aromatic N) is 1. The Morgan fingerprint density at radius 1 is 0.769 bits per heavy atom. The molecule has 0 aromatic heterocycles. The minimum atomic E-state index is 0. The maximum atomic E-state index is 5.66. The molecule has 2 aromatic carbocycles. The molecule has 2 rings (SSSR count). The molecule has 0 saturated heterocycles. The van der Waals surface area contributed by atoms with Crippen molar-refractivity contribution in [2.75, 3.05) is 21.1 Å². The van der Waals surface area contributed by atoms with Crippen LogP contribution in [0.1, 0.15) is 22.3 Å². The molecule has 0 amide bonds. The van der Waals surface area contributed by atoms with Crippen molar-refractivity contribution in [3.63, 3.8) is 0 Å². The van der Waals surface area contributed by atoms with Crippen molar-refractivity contribution >= 4 is 29.8 Å². The number of halogens is 1. The molecule has 0 heterocycles. The van der Waals surface area contributed by atoms with E-state index in [1.807, 2.05) is 92.8 Å². The number of hydrogen-bond donors (Lipinski definition) is 0. The molecule has 4 heteroatoms. The van der Waals surface area contributed by atoms with E-state index in [0.29, 0.717) is 5.88 Å². The first-order chi connectivity index (χ1) is 11.5. The van der Waals surface area contributed by atoms with E-state index < -0.39 is 0 Å². The van der Waals surface area contributed by atoms with Gasteiger partial charge in [-0.25, -0.2) is 0 Å². The van der Waals surface area contributed by atoms with Crippen molar-refractivity contribution in [2.24, 2.45) is 0 Å². The molecule has 1 N–H and O–H groups in total. The zero-order valence-electron chi connectivity index (χ0n) is 16.5. The standard InChI is InChI=1S/C10H10.C9H9Cl.C3H9N.Na.H2O/c1-3-9-7-5-6-8-10(9)4-2;1-2-8-5-3-4-6-9(8)7-10;1-4(2)3;;/h3-8H,1-2H2;2-6H,1,7H2;1-3H3;;1H2/q;;;+1;/p-1. The molecule has 0 atom stereocenters. The van der Waals surface area contributed by atoms with Gasteiger partial charge >= 0.3 is 29.6 Å². The first-order valence-electron chi connectivity index (χ1n) is 7.71. The van der Waals surface area contributed by atoms with Gasteiger partial charge in [0.2, 0.25) is 0 Å². The molecule has 0 aliphatic heterocycles. The Labute approximate surface area is 186 Å². The molecule has 2 nitrogen and oxygen atoms in total. The summed E-state index contributed by atoms with van der Waals surface area (Å²) in [6.45, 7) is 11.1. The number of benzene rings is 2. The van der Waals surface area contributed by atoms with Crippen LogP contribution < -0.4 is 29.6 Å². The van der Waals surface area contributed by atoms with Gasteiger partial charge in [0.1, 0.15) is 0 Å². The van der Waals surface area contributed by atoms with Gasteiger partial charge in [0.25, 0.3) is 0 Å². The average molecular weight is 382 g/mol. The Kier molecular flexibility index (Phi) is 21.3. The van der Waals surface area contributed by atoms with Crippen molar-refractivity contribution < 1.29 is 35.0 Å². The molecular formula is C22H29ClNNaO. The first kappa shape index (κ1) is 29.6. The average Bonchev–Trinajstić information content (AvgIpc) is 2.61. The van der Waals surface area contributed by atoms with Gasteiger partial charge in [-0.1, -0.05) is 86.5 Å². The molecule has 0 bridgehead atoms. The second-order valence-corrected chi connectivity index (χ2v) is 5.68. The summed E-state index contributed by atoms with van der Waals surface area (Å²) in [6.07, 6.45) is 5.48. The fourth-order valence-electron chi connectivity index (χ4n) is 1.74. The summed E-state index contributed by atoms with van der Waals surface area (Å²) in [7, 11) is 6.00. The maximum Gasteiger partial charge on any atom is 1.00 e. The molecule has 26 heavy (non-hydrogen) atoms. The molecular weight excluding hydrogens is 353 g/mol. The molecule has 0 radical (unpaired) electrons. The SMILES string of the molecule is C=Cc1ccccc1C=C.C=Cc1ccccc1CCl.CN(C)C.[Na+].[OH-]. The summed E-state index contributed by atoms with van der Waals surface area (Å²) in [4.78, 5) is 2.00. The maximum absolute atomic E-state index is 5.66. The van der Waals surface area contributed by atoms with E-state index in [0.717, 1.165) is 22.3 Å². The predicted molar refractivity (Wildman–Crippen MR) is 114 cm³/mol. The monoisotopic (exact) mass is 381 g/mol. The molecule has 136 valence electrons. The van der Waals surface area contributed by atoms with Gasteiger partial charge in [0.05, 0.1) is 0 Å². The van der Waals surface area contributed by atoms with E-state index in [1.54, 1.807) is 0 Å². The van der Waals surface area contributed by atoms with Crippen LogP contribution in [0.4, 0.5) is 0 Å². The summed E-state index contributed by atoms with van der Waals surface area (Å²) >= 11 is 5.66. The summed E-state index contributed by atoms with van der Waals surface area (Å²) < 4.78 is 0. The third-order valence-corrected chi connectivity index (χ3v) is 3.14. The normalized spacial score (nSPS) is 8.35. The number of hydrogen-bond acceptors (Lipinski definition) is 2. The van der Waals surface area contributed by atoms with Gasteiger partial charge in [-0.15, -0.1) is 11.6 Å². The Balaban J connectivity index is -0.000000319. The van der Waals surface area contributed by atoms with Crippen LogP contribution in [0, 0.1) is 0 Å². The third-order valence-electron chi connectivity index (χ3n) is 2.85. The topological polar surface area (TPSA) is 33.2 Å². The van der Waals surface area contributed by atoms with Crippen LogP contribution in [0.25, 0.3) is 18.2 Å². The molecule has 0 aliphatic rings. The minimum Gasteiger partial charge on any atom is -0.870 e. The number of alkyl halides is 1. The fourth-order valence-corrected chi connectivity index (χ4v) is 1.98. The van der Waals surface area contributed by atoms with E-state index >= 15 is 0 Å². The van der Waals surface area contributed by atoms with Gasteiger partial charge in [0.15, 0.2) is 0 Å². The summed E-state index contributed by atoms with van der Waals surface area (Å²) in [5.41, 5.74) is 4.53. The number of rotatable bonds is 4. The van der Waals surface area contributed by atoms with Crippen LogP contribution >= 0.6 is 11.6 Å². The van der Waals surface area contributed by atoms with Crippen molar-refractivity contribution in [3.8, 4) is 0 Å². The van der Waals surface area contributed by atoms with Crippen LogP contribution in [-0.2, 0) is 5.88 Å². The van der Waals surface area contributed by atoms with Crippen LogP contribution in [0.3, 0.4) is 0 Å². The Morgan fingerprint density at radius 2 is 1.08 bits per heavy atom. The molecule has 0 fully saturated rings. The molecule has 0 unspecified atom stereocenters. The van der Waals surface area contributed by atoms with E-state index in [9.17, 15) is 0 Å². The summed E-state index contributed by atoms with van der Waals surface area (Å²) in [5.74, 6) is 0.558. The van der Waals surface area contributed by atoms with Gasteiger partial charge in [0, 0.05) is 5.88 Å². The second-order valence-electron chi connectivity index (χ2n) is 5.42. The smallest absolute Gasteiger partial charge is 0.870 e. The van der Waals surface area contributed by atoms with Gasteiger partial charge in [-0.2, -0.15) is 0 Å². The van der Waals surface area contributed by atoms with Gasteiger partial charge in [-0.3, -0.25) is 0 Å².